The largest absolute Gasteiger partial charge is 0.481 e. The summed E-state index contributed by atoms with van der Waals surface area (Å²) in [5.74, 6) is -1.14. The number of alkyl halides is 3. The summed E-state index contributed by atoms with van der Waals surface area (Å²) in [4.78, 5) is 38.2. The number of fused-ring (bicyclic) bond motifs is 1. The molecule has 1 amide bonds. The quantitative estimate of drug-likeness (QED) is 0.264. The minimum atomic E-state index is -4.46. The van der Waals surface area contributed by atoms with Crippen LogP contribution in [0.5, 0.6) is 0 Å². The van der Waals surface area contributed by atoms with Gasteiger partial charge in [0.15, 0.2) is 0 Å². The lowest BCUT2D eigenvalue weighted by molar-refractivity contribution is -0.138. The Morgan fingerprint density at radius 2 is 1.60 bits per heavy atom. The molecule has 218 valence electrons. The molecule has 1 atom stereocenters. The molecular weight excluding hydrogens is 545 g/mol. The molecule has 1 aromatic heterocycles. The van der Waals surface area contributed by atoms with Crippen LogP contribution in [-0.4, -0.2) is 58.0 Å². The van der Waals surface area contributed by atoms with E-state index in [0.29, 0.717) is 59.5 Å². The molecule has 3 aromatic carbocycles. The van der Waals surface area contributed by atoms with Crippen molar-refractivity contribution in [1.82, 2.24) is 14.9 Å². The van der Waals surface area contributed by atoms with Gasteiger partial charge in [0, 0.05) is 49.4 Å². The van der Waals surface area contributed by atoms with Crippen molar-refractivity contribution in [2.75, 3.05) is 31.1 Å². The molecule has 1 unspecified atom stereocenters. The third-order valence-corrected chi connectivity index (χ3v) is 7.55. The first-order valence-electron chi connectivity index (χ1n) is 13.9. The summed E-state index contributed by atoms with van der Waals surface area (Å²) in [7, 11) is 0. The van der Waals surface area contributed by atoms with E-state index in [1.165, 1.54) is 12.1 Å². The van der Waals surface area contributed by atoms with Crippen molar-refractivity contribution in [3.63, 3.8) is 0 Å². The number of nitrogens with zero attached hydrogens (tertiary/aromatic N) is 4. The highest BCUT2D eigenvalue weighted by atomic mass is 19.4. The number of aliphatic carboxylic acids is 1. The van der Waals surface area contributed by atoms with Crippen LogP contribution in [0.2, 0.25) is 0 Å². The molecule has 2 heterocycles. The zero-order valence-corrected chi connectivity index (χ0v) is 23.1. The third kappa shape index (κ3) is 6.70. The maximum atomic E-state index is 13.4. The van der Waals surface area contributed by atoms with Gasteiger partial charge in [0.2, 0.25) is 0 Å². The van der Waals surface area contributed by atoms with E-state index >= 15 is 0 Å². The summed E-state index contributed by atoms with van der Waals surface area (Å²) in [5.41, 5.74) is 3.32. The molecule has 0 aliphatic carbocycles. The normalized spacial score (nSPS) is 14.7. The maximum absolute atomic E-state index is 13.4. The molecule has 0 bridgehead atoms. The Balaban J connectivity index is 1.41. The molecule has 1 fully saturated rings. The Kier molecular flexibility index (Phi) is 8.42. The minimum Gasteiger partial charge on any atom is -0.481 e. The van der Waals surface area contributed by atoms with Gasteiger partial charge in [-0.1, -0.05) is 37.3 Å². The number of rotatable bonds is 8. The average molecular weight is 577 g/mol. The number of aryl methyl sites for hydroxylation is 1. The number of piperazine rings is 1. The zero-order chi connectivity index (χ0) is 29.9. The lowest BCUT2D eigenvalue weighted by Gasteiger charge is -2.36. The van der Waals surface area contributed by atoms with E-state index in [1.807, 2.05) is 30.0 Å². The number of amides is 1. The second-order valence-electron chi connectivity index (χ2n) is 10.7. The number of halogens is 3. The van der Waals surface area contributed by atoms with Crippen LogP contribution in [0.1, 0.15) is 41.4 Å². The summed E-state index contributed by atoms with van der Waals surface area (Å²) >= 11 is 0. The fourth-order valence-electron chi connectivity index (χ4n) is 5.22. The van der Waals surface area contributed by atoms with E-state index in [0.717, 1.165) is 30.9 Å². The van der Waals surface area contributed by atoms with Gasteiger partial charge in [0.05, 0.1) is 28.0 Å². The number of anilines is 1. The van der Waals surface area contributed by atoms with E-state index < -0.39 is 17.7 Å². The highest BCUT2D eigenvalue weighted by Crippen LogP contribution is 2.32. The molecular formula is C32H31F3N4O3. The van der Waals surface area contributed by atoms with Gasteiger partial charge in [0.1, 0.15) is 0 Å². The number of aromatic nitrogens is 2. The number of benzene rings is 3. The van der Waals surface area contributed by atoms with Crippen LogP contribution in [0.4, 0.5) is 18.9 Å². The molecule has 0 saturated carbocycles. The number of hydrogen-bond donors (Lipinski definition) is 1. The van der Waals surface area contributed by atoms with Crippen molar-refractivity contribution in [2.24, 2.45) is 5.92 Å². The van der Waals surface area contributed by atoms with Crippen molar-refractivity contribution < 1.29 is 27.9 Å². The van der Waals surface area contributed by atoms with Crippen molar-refractivity contribution in [3.8, 4) is 11.3 Å². The number of carbonyl (C=O) groups is 2. The van der Waals surface area contributed by atoms with Crippen molar-refractivity contribution >= 4 is 28.6 Å². The molecule has 5 rings (SSSR count). The fourth-order valence-corrected chi connectivity index (χ4v) is 5.22. The van der Waals surface area contributed by atoms with Gasteiger partial charge in [-0.15, -0.1) is 0 Å². The van der Waals surface area contributed by atoms with Gasteiger partial charge in [-0.3, -0.25) is 9.59 Å². The highest BCUT2D eigenvalue weighted by molar-refractivity contribution is 5.97. The first-order chi connectivity index (χ1) is 20.1. The Labute approximate surface area is 241 Å². The SMILES string of the molecule is CC(CCc1nc2cc(C(=O)N3CCN(c4ccccc4)CC3)ccc2nc1-c1ccc(C(F)(F)F)cc1)CC(=O)O. The van der Waals surface area contributed by atoms with Gasteiger partial charge in [0.25, 0.3) is 5.91 Å². The molecule has 1 N–H and O–H groups in total. The van der Waals surface area contributed by atoms with Crippen LogP contribution < -0.4 is 4.90 Å². The maximum Gasteiger partial charge on any atom is 0.416 e. The van der Waals surface area contributed by atoms with Crippen LogP contribution in [0.3, 0.4) is 0 Å². The van der Waals surface area contributed by atoms with E-state index in [1.54, 1.807) is 18.2 Å². The predicted octanol–water partition coefficient (Wildman–Crippen LogP) is 6.32. The van der Waals surface area contributed by atoms with Crippen LogP contribution in [-0.2, 0) is 17.4 Å². The van der Waals surface area contributed by atoms with Crippen LogP contribution in [0, 0.1) is 5.92 Å². The smallest absolute Gasteiger partial charge is 0.416 e. The summed E-state index contributed by atoms with van der Waals surface area (Å²) in [6.45, 7) is 4.43. The van der Waals surface area contributed by atoms with E-state index in [-0.39, 0.29) is 18.2 Å². The molecule has 7 nitrogen and oxygen atoms in total. The first-order valence-corrected chi connectivity index (χ1v) is 13.9. The van der Waals surface area contributed by atoms with E-state index in [2.05, 4.69) is 17.0 Å². The number of para-hydroxylation sites is 1. The zero-order valence-electron chi connectivity index (χ0n) is 23.1. The number of carboxylic acid groups (broad SMARTS) is 1. The lowest BCUT2D eigenvalue weighted by atomic mass is 9.97. The molecule has 1 aliphatic rings. The van der Waals surface area contributed by atoms with Gasteiger partial charge >= 0.3 is 12.1 Å². The molecule has 4 aromatic rings. The Hall–Kier alpha value is -4.47. The highest BCUT2D eigenvalue weighted by Gasteiger charge is 2.30. The van der Waals surface area contributed by atoms with Crippen LogP contribution in [0.15, 0.2) is 72.8 Å². The lowest BCUT2D eigenvalue weighted by Crippen LogP contribution is -2.48. The summed E-state index contributed by atoms with van der Waals surface area (Å²) in [5, 5.41) is 9.15. The van der Waals surface area contributed by atoms with Crippen LogP contribution >= 0.6 is 0 Å². The first kappa shape index (κ1) is 29.0. The predicted molar refractivity (Wildman–Crippen MR) is 154 cm³/mol. The second-order valence-corrected chi connectivity index (χ2v) is 10.7. The van der Waals surface area contributed by atoms with Crippen molar-refractivity contribution in [2.45, 2.75) is 32.4 Å². The third-order valence-electron chi connectivity index (χ3n) is 7.55. The number of hydrogen-bond acceptors (Lipinski definition) is 5. The van der Waals surface area contributed by atoms with Gasteiger partial charge in [-0.2, -0.15) is 13.2 Å². The van der Waals surface area contributed by atoms with E-state index in [9.17, 15) is 22.8 Å². The summed E-state index contributed by atoms with van der Waals surface area (Å²) < 4.78 is 39.4. The summed E-state index contributed by atoms with van der Waals surface area (Å²) in [6, 6.07) is 19.9. The van der Waals surface area contributed by atoms with Crippen molar-refractivity contribution in [3.05, 3.63) is 89.6 Å². The molecule has 0 spiro atoms. The van der Waals surface area contributed by atoms with E-state index in [4.69, 9.17) is 15.1 Å². The van der Waals surface area contributed by atoms with Gasteiger partial charge in [-0.05, 0) is 61.2 Å². The molecule has 1 saturated heterocycles. The molecule has 0 radical (unpaired) electrons. The number of carbonyl (C=O) groups excluding carboxylic acids is 1. The van der Waals surface area contributed by atoms with Crippen LogP contribution in [0.25, 0.3) is 22.3 Å². The van der Waals surface area contributed by atoms with Gasteiger partial charge < -0.3 is 14.9 Å². The standard InChI is InChI=1S/C32H31F3N4O3/c1-21(19-29(40)41)7-13-27-30(22-8-11-24(12-9-22)32(33,34)35)37-26-14-10-23(20-28(26)36-27)31(42)39-17-15-38(16-18-39)25-5-3-2-4-6-25/h2-6,8-12,14,20-21H,7,13,15-19H2,1H3,(H,40,41). The molecule has 10 heteroatoms. The monoisotopic (exact) mass is 576 g/mol. The summed E-state index contributed by atoms with van der Waals surface area (Å²) in [6.07, 6.45) is -3.58. The Bertz CT molecular complexity index is 1570. The Morgan fingerprint density at radius 1 is 0.905 bits per heavy atom. The molecule has 42 heavy (non-hydrogen) atoms. The van der Waals surface area contributed by atoms with Crippen molar-refractivity contribution in [1.29, 1.82) is 0 Å². The molecule has 1 aliphatic heterocycles. The van der Waals surface area contributed by atoms with Gasteiger partial charge in [-0.25, -0.2) is 9.97 Å². The minimum absolute atomic E-state index is 0.00713. The topological polar surface area (TPSA) is 86.6 Å². The fraction of sp³-hybridized carbons (Fsp3) is 0.312. The number of carboxylic acids is 1. The Morgan fingerprint density at radius 3 is 2.24 bits per heavy atom. The second kappa shape index (κ2) is 12.2. The average Bonchev–Trinajstić information content (AvgIpc) is 2.99.